The van der Waals surface area contributed by atoms with Crippen molar-refractivity contribution in [1.82, 2.24) is 4.98 Å². The first-order valence-electron chi connectivity index (χ1n) is 9.70. The van der Waals surface area contributed by atoms with Crippen LogP contribution in [0, 0.1) is 18.6 Å². The molecule has 0 bridgehead atoms. The molecule has 0 aliphatic carbocycles. The summed E-state index contributed by atoms with van der Waals surface area (Å²) in [5, 5.41) is 12.8. The van der Waals surface area contributed by atoms with Crippen molar-refractivity contribution in [3.05, 3.63) is 77.0 Å². The first-order valence-corrected chi connectivity index (χ1v) is 9.70. The summed E-state index contributed by atoms with van der Waals surface area (Å²) in [7, 11) is 0. The molecular formula is C24H24F2N2O2. The number of hydrogen-bond acceptors (Lipinski definition) is 3. The Morgan fingerprint density at radius 1 is 1.13 bits per heavy atom. The molecule has 0 unspecified atom stereocenters. The van der Waals surface area contributed by atoms with Gasteiger partial charge in [-0.05, 0) is 66.3 Å². The number of nitrogens with zero attached hydrogens (tertiary/aromatic N) is 1. The third kappa shape index (κ3) is 4.17. The number of rotatable bonds is 5. The number of pyridine rings is 1. The van der Waals surface area contributed by atoms with Gasteiger partial charge in [-0.3, -0.25) is 4.79 Å². The van der Waals surface area contributed by atoms with Crippen LogP contribution >= 0.6 is 0 Å². The summed E-state index contributed by atoms with van der Waals surface area (Å²) in [6.45, 7) is 8.10. The van der Waals surface area contributed by atoms with E-state index in [1.807, 2.05) is 13.0 Å². The summed E-state index contributed by atoms with van der Waals surface area (Å²) in [5.41, 5.74) is 2.60. The van der Waals surface area contributed by atoms with Crippen LogP contribution in [-0.2, 0) is 5.41 Å². The van der Waals surface area contributed by atoms with Crippen molar-refractivity contribution >= 4 is 11.7 Å². The van der Waals surface area contributed by atoms with E-state index in [0.29, 0.717) is 0 Å². The van der Waals surface area contributed by atoms with Crippen molar-refractivity contribution < 1.29 is 18.7 Å². The highest BCUT2D eigenvalue weighted by atomic mass is 19.1. The second-order valence-corrected chi connectivity index (χ2v) is 7.90. The Bertz CT molecular complexity index is 1070. The Kier molecular flexibility index (Phi) is 5.87. The Balaban J connectivity index is 1.89. The van der Waals surface area contributed by atoms with Gasteiger partial charge in [0, 0.05) is 17.3 Å². The van der Waals surface area contributed by atoms with Crippen molar-refractivity contribution in [3.8, 4) is 16.9 Å². The Morgan fingerprint density at radius 3 is 2.37 bits per heavy atom. The van der Waals surface area contributed by atoms with Crippen LogP contribution < -0.4 is 5.32 Å². The molecule has 6 heteroatoms. The predicted molar refractivity (Wildman–Crippen MR) is 114 cm³/mol. The highest BCUT2D eigenvalue weighted by Gasteiger charge is 2.23. The van der Waals surface area contributed by atoms with Crippen LogP contribution in [0.4, 0.5) is 14.6 Å². The van der Waals surface area contributed by atoms with Gasteiger partial charge in [0.05, 0.1) is 0 Å². The molecule has 4 nitrogen and oxygen atoms in total. The maximum Gasteiger partial charge on any atom is 0.262 e. The lowest BCUT2D eigenvalue weighted by molar-refractivity contribution is 0.101. The largest absolute Gasteiger partial charge is 0.508 e. The number of amides is 1. The van der Waals surface area contributed by atoms with Crippen molar-refractivity contribution in [2.24, 2.45) is 0 Å². The Hall–Kier alpha value is -3.28. The van der Waals surface area contributed by atoms with Crippen LogP contribution in [0.5, 0.6) is 5.75 Å². The maximum absolute atomic E-state index is 13.8. The van der Waals surface area contributed by atoms with E-state index in [1.54, 1.807) is 24.4 Å². The average Bonchev–Trinajstić information content (AvgIpc) is 2.68. The van der Waals surface area contributed by atoms with Gasteiger partial charge in [-0.15, -0.1) is 0 Å². The molecule has 0 spiro atoms. The van der Waals surface area contributed by atoms with Gasteiger partial charge in [0.1, 0.15) is 28.8 Å². The minimum Gasteiger partial charge on any atom is -0.508 e. The zero-order chi connectivity index (χ0) is 22.1. The first kappa shape index (κ1) is 21.4. The van der Waals surface area contributed by atoms with E-state index >= 15 is 0 Å². The van der Waals surface area contributed by atoms with Gasteiger partial charge in [0.25, 0.3) is 5.91 Å². The molecular weight excluding hydrogens is 386 g/mol. The minimum atomic E-state index is -0.935. The molecule has 3 rings (SSSR count). The molecule has 1 aromatic heterocycles. The lowest BCUT2D eigenvalue weighted by atomic mass is 9.80. The standard InChI is InChI=1S/C24H24F2N2O2/c1-5-24(3,4)17-12-16(14(2)11-20(17)29)15-9-10-21(27-13-15)28-23(30)22-18(25)7-6-8-19(22)26/h6-13,29H,5H2,1-4H3,(H,27,28,30). The van der Waals surface area contributed by atoms with Gasteiger partial charge < -0.3 is 10.4 Å². The number of nitrogens with one attached hydrogen (secondary N) is 1. The normalized spacial score (nSPS) is 11.4. The van der Waals surface area contributed by atoms with Crippen molar-refractivity contribution in [3.63, 3.8) is 0 Å². The van der Waals surface area contributed by atoms with E-state index in [1.165, 1.54) is 6.07 Å². The molecule has 1 heterocycles. The van der Waals surface area contributed by atoms with Gasteiger partial charge >= 0.3 is 0 Å². The van der Waals surface area contributed by atoms with Crippen LogP contribution in [0.2, 0.25) is 0 Å². The fourth-order valence-corrected chi connectivity index (χ4v) is 3.26. The average molecular weight is 410 g/mol. The summed E-state index contributed by atoms with van der Waals surface area (Å²) in [5.74, 6) is -2.34. The van der Waals surface area contributed by atoms with Crippen LogP contribution in [0.25, 0.3) is 11.1 Å². The van der Waals surface area contributed by atoms with Crippen molar-refractivity contribution in [2.75, 3.05) is 5.32 Å². The van der Waals surface area contributed by atoms with E-state index in [4.69, 9.17) is 0 Å². The minimum absolute atomic E-state index is 0.178. The van der Waals surface area contributed by atoms with Crippen LogP contribution in [-0.4, -0.2) is 16.0 Å². The zero-order valence-electron chi connectivity index (χ0n) is 17.4. The van der Waals surface area contributed by atoms with Crippen molar-refractivity contribution in [1.29, 1.82) is 0 Å². The van der Waals surface area contributed by atoms with Gasteiger partial charge in [-0.1, -0.05) is 26.8 Å². The fourth-order valence-electron chi connectivity index (χ4n) is 3.26. The van der Waals surface area contributed by atoms with Gasteiger partial charge in [0.2, 0.25) is 0 Å². The zero-order valence-corrected chi connectivity index (χ0v) is 17.4. The van der Waals surface area contributed by atoms with E-state index in [9.17, 15) is 18.7 Å². The Morgan fingerprint density at radius 2 is 1.80 bits per heavy atom. The summed E-state index contributed by atoms with van der Waals surface area (Å²) >= 11 is 0. The SMILES string of the molecule is CCC(C)(C)c1cc(-c2ccc(NC(=O)c3c(F)cccc3F)nc2)c(C)cc1O. The predicted octanol–water partition coefficient (Wildman–Crippen LogP) is 5.98. The maximum atomic E-state index is 13.8. The highest BCUT2D eigenvalue weighted by Crippen LogP contribution is 2.38. The van der Waals surface area contributed by atoms with Crippen LogP contribution in [0.1, 0.15) is 48.7 Å². The Labute approximate surface area is 174 Å². The number of carbonyl (C=O) groups excluding carboxylic acids is 1. The van der Waals surface area contributed by atoms with Gasteiger partial charge in [-0.2, -0.15) is 0 Å². The summed E-state index contributed by atoms with van der Waals surface area (Å²) in [4.78, 5) is 16.4. The van der Waals surface area contributed by atoms with E-state index < -0.39 is 23.1 Å². The number of benzene rings is 2. The molecule has 0 aliphatic rings. The van der Waals surface area contributed by atoms with E-state index in [2.05, 4.69) is 31.1 Å². The molecule has 0 saturated carbocycles. The summed E-state index contributed by atoms with van der Waals surface area (Å²) < 4.78 is 27.6. The van der Waals surface area contributed by atoms with E-state index in [0.717, 1.165) is 40.8 Å². The number of hydrogen-bond donors (Lipinski definition) is 2. The van der Waals surface area contributed by atoms with E-state index in [-0.39, 0.29) is 17.0 Å². The summed E-state index contributed by atoms with van der Waals surface area (Å²) in [6.07, 6.45) is 2.44. The van der Waals surface area contributed by atoms with Gasteiger partial charge in [-0.25, -0.2) is 13.8 Å². The molecule has 0 saturated heterocycles. The highest BCUT2D eigenvalue weighted by molar-refractivity contribution is 6.04. The second-order valence-electron chi connectivity index (χ2n) is 7.90. The monoisotopic (exact) mass is 410 g/mol. The molecule has 0 aliphatic heterocycles. The topological polar surface area (TPSA) is 62.2 Å². The molecule has 2 N–H and O–H groups in total. The molecule has 30 heavy (non-hydrogen) atoms. The summed E-state index contributed by atoms with van der Waals surface area (Å²) in [6, 6.07) is 10.3. The number of aromatic nitrogens is 1. The second kappa shape index (κ2) is 8.22. The molecule has 3 aromatic rings. The number of anilines is 1. The van der Waals surface area contributed by atoms with Crippen molar-refractivity contribution in [2.45, 2.75) is 39.5 Å². The fraction of sp³-hybridized carbons (Fsp3) is 0.250. The van der Waals surface area contributed by atoms with Crippen LogP contribution in [0.3, 0.4) is 0 Å². The third-order valence-electron chi connectivity index (χ3n) is 5.46. The molecule has 1 amide bonds. The molecule has 156 valence electrons. The smallest absolute Gasteiger partial charge is 0.262 e. The lowest BCUT2D eigenvalue weighted by Crippen LogP contribution is -2.16. The van der Waals surface area contributed by atoms with Crippen LogP contribution in [0.15, 0.2) is 48.7 Å². The lowest BCUT2D eigenvalue weighted by Gasteiger charge is -2.25. The molecule has 0 fully saturated rings. The molecule has 0 atom stereocenters. The number of halogens is 2. The number of phenols is 1. The number of aryl methyl sites for hydroxylation is 1. The molecule has 2 aromatic carbocycles. The first-order chi connectivity index (χ1) is 14.1. The number of carbonyl (C=O) groups is 1. The third-order valence-corrected chi connectivity index (χ3v) is 5.46. The van der Waals surface area contributed by atoms with Gasteiger partial charge in [0.15, 0.2) is 0 Å². The number of phenolic OH excluding ortho intramolecular Hbond substituents is 1. The quantitative estimate of drug-likeness (QED) is 0.544. The molecule has 0 radical (unpaired) electrons. The number of aromatic hydroxyl groups is 1.